The molecular formula is C15H24N4O3S. The van der Waals surface area contributed by atoms with Crippen LogP contribution in [0.3, 0.4) is 0 Å². The van der Waals surface area contributed by atoms with Crippen molar-refractivity contribution in [2.75, 3.05) is 23.8 Å². The molecule has 1 aliphatic carbocycles. The maximum absolute atomic E-state index is 12.2. The maximum atomic E-state index is 12.2. The number of nitrogen functional groups attached to an aromatic ring is 1. The lowest BCUT2D eigenvalue weighted by Gasteiger charge is -2.37. The van der Waals surface area contributed by atoms with Crippen molar-refractivity contribution in [3.05, 3.63) is 24.3 Å². The number of aliphatic hydroxyl groups is 1. The van der Waals surface area contributed by atoms with E-state index >= 15 is 0 Å². The number of rotatable bonds is 5. The number of anilines is 2. The van der Waals surface area contributed by atoms with Crippen LogP contribution < -0.4 is 16.6 Å². The van der Waals surface area contributed by atoms with Crippen LogP contribution in [-0.2, 0) is 10.0 Å². The van der Waals surface area contributed by atoms with Gasteiger partial charge in [0, 0.05) is 19.0 Å². The van der Waals surface area contributed by atoms with Crippen LogP contribution in [0, 0.1) is 5.92 Å². The molecule has 0 amide bonds. The van der Waals surface area contributed by atoms with Crippen molar-refractivity contribution < 1.29 is 13.5 Å². The van der Waals surface area contributed by atoms with Crippen molar-refractivity contribution in [2.24, 2.45) is 11.8 Å². The molecule has 0 spiro atoms. The minimum absolute atomic E-state index is 0.0785. The van der Waals surface area contributed by atoms with Crippen LogP contribution >= 0.6 is 0 Å². The minimum atomic E-state index is -3.13. The number of benzene rings is 1. The molecule has 1 aromatic rings. The fraction of sp³-hybridized carbons (Fsp3) is 0.600. The smallest absolute Gasteiger partial charge is 0.216 e. The molecule has 0 radical (unpaired) electrons. The number of nitrogens with two attached hydrogens (primary N) is 2. The first-order valence-electron chi connectivity index (χ1n) is 7.96. The zero-order chi connectivity index (χ0) is 16.6. The minimum Gasteiger partial charge on any atom is -0.397 e. The molecule has 1 unspecified atom stereocenters. The first-order valence-corrected chi connectivity index (χ1v) is 9.47. The predicted molar refractivity (Wildman–Crippen MR) is 89.8 cm³/mol. The van der Waals surface area contributed by atoms with E-state index < -0.39 is 16.3 Å². The molecule has 23 heavy (non-hydrogen) atoms. The maximum Gasteiger partial charge on any atom is 0.216 e. The summed E-state index contributed by atoms with van der Waals surface area (Å²) in [6.45, 7) is 0.886. The number of para-hydroxylation sites is 2. The molecular weight excluding hydrogens is 316 g/mol. The summed E-state index contributed by atoms with van der Waals surface area (Å²) < 4.78 is 26.0. The van der Waals surface area contributed by atoms with Gasteiger partial charge in [-0.05, 0) is 37.8 Å². The normalized spacial score (nSPS) is 22.0. The summed E-state index contributed by atoms with van der Waals surface area (Å²) in [5, 5.41) is 11.6. The Kier molecular flexibility index (Phi) is 4.50. The number of nitrogens with zero attached hydrogens (tertiary/aromatic N) is 2. The highest BCUT2D eigenvalue weighted by Crippen LogP contribution is 2.34. The van der Waals surface area contributed by atoms with Gasteiger partial charge in [-0.25, -0.2) is 18.6 Å². The Morgan fingerprint density at radius 1 is 1.17 bits per heavy atom. The molecule has 0 aromatic heterocycles. The van der Waals surface area contributed by atoms with Gasteiger partial charge in [-0.1, -0.05) is 12.1 Å². The molecule has 7 nitrogen and oxygen atoms in total. The molecule has 1 heterocycles. The second-order valence-electron chi connectivity index (χ2n) is 6.36. The summed E-state index contributed by atoms with van der Waals surface area (Å²) >= 11 is 0. The quantitative estimate of drug-likeness (QED) is 0.311. The molecule has 1 aliphatic heterocycles. The first kappa shape index (κ1) is 16.5. The molecule has 128 valence electrons. The molecule has 8 heteroatoms. The standard InChI is InChI=1S/C15H24N4O3S/c16-13-3-1-2-4-14(13)19(17)15(20)11-7-9-18(10-8-11)23(21,22)12-5-6-12/h1-4,11-12,15,20H,5-10,16-17H2. The van der Waals surface area contributed by atoms with Gasteiger partial charge in [0.2, 0.25) is 10.0 Å². The van der Waals surface area contributed by atoms with Crippen molar-refractivity contribution in [1.82, 2.24) is 4.31 Å². The fourth-order valence-electron chi connectivity index (χ4n) is 3.10. The van der Waals surface area contributed by atoms with Crippen LogP contribution in [0.15, 0.2) is 24.3 Å². The molecule has 1 saturated carbocycles. The van der Waals surface area contributed by atoms with Crippen molar-refractivity contribution >= 4 is 21.4 Å². The lowest BCUT2D eigenvalue weighted by atomic mass is 9.95. The third-order valence-electron chi connectivity index (χ3n) is 4.73. The van der Waals surface area contributed by atoms with Crippen LogP contribution in [0.5, 0.6) is 0 Å². The average molecular weight is 340 g/mol. The Balaban J connectivity index is 1.62. The summed E-state index contributed by atoms with van der Waals surface area (Å²) in [5.74, 6) is 5.94. The third-order valence-corrected chi connectivity index (χ3v) is 7.12. The van der Waals surface area contributed by atoms with Crippen molar-refractivity contribution in [1.29, 1.82) is 0 Å². The lowest BCUT2D eigenvalue weighted by molar-refractivity contribution is 0.0728. The molecule has 1 atom stereocenters. The van der Waals surface area contributed by atoms with E-state index in [1.807, 2.05) is 6.07 Å². The summed E-state index contributed by atoms with van der Waals surface area (Å²) in [7, 11) is -3.13. The van der Waals surface area contributed by atoms with E-state index in [2.05, 4.69) is 0 Å². The van der Waals surface area contributed by atoms with Gasteiger partial charge in [-0.3, -0.25) is 5.01 Å². The van der Waals surface area contributed by atoms with Gasteiger partial charge < -0.3 is 10.8 Å². The van der Waals surface area contributed by atoms with E-state index in [0.29, 0.717) is 37.3 Å². The van der Waals surface area contributed by atoms with Gasteiger partial charge in [0.25, 0.3) is 0 Å². The molecule has 1 saturated heterocycles. The van der Waals surface area contributed by atoms with Gasteiger partial charge in [0.05, 0.1) is 16.6 Å². The van der Waals surface area contributed by atoms with Crippen molar-refractivity contribution in [3.63, 3.8) is 0 Å². The van der Waals surface area contributed by atoms with Gasteiger partial charge in [0.15, 0.2) is 0 Å². The van der Waals surface area contributed by atoms with Gasteiger partial charge in [-0.15, -0.1) is 0 Å². The topological polar surface area (TPSA) is 113 Å². The summed E-state index contributed by atoms with van der Waals surface area (Å²) in [6, 6.07) is 7.10. The molecule has 2 aliphatic rings. The number of hydrazine groups is 1. The number of hydrogen-bond acceptors (Lipinski definition) is 6. The van der Waals surface area contributed by atoms with Crippen LogP contribution in [0.25, 0.3) is 0 Å². The molecule has 3 rings (SSSR count). The summed E-state index contributed by atoms with van der Waals surface area (Å²) in [6.07, 6.45) is 1.84. The van der Waals surface area contributed by atoms with Gasteiger partial charge in [-0.2, -0.15) is 0 Å². The number of hydrogen-bond donors (Lipinski definition) is 3. The number of sulfonamides is 1. The van der Waals surface area contributed by atoms with E-state index in [1.165, 1.54) is 5.01 Å². The highest BCUT2D eigenvalue weighted by molar-refractivity contribution is 7.90. The van der Waals surface area contributed by atoms with Crippen molar-refractivity contribution in [3.8, 4) is 0 Å². The monoisotopic (exact) mass is 340 g/mol. The molecule has 1 aromatic carbocycles. The zero-order valence-electron chi connectivity index (χ0n) is 13.0. The second-order valence-corrected chi connectivity index (χ2v) is 8.57. The first-order chi connectivity index (χ1) is 10.9. The Hall–Kier alpha value is -1.35. The van der Waals surface area contributed by atoms with E-state index in [9.17, 15) is 13.5 Å². The van der Waals surface area contributed by atoms with Crippen LogP contribution in [0.4, 0.5) is 11.4 Å². The van der Waals surface area contributed by atoms with Crippen molar-refractivity contribution in [2.45, 2.75) is 37.2 Å². The predicted octanol–water partition coefficient (Wildman–Crippen LogP) is 0.472. The van der Waals surface area contributed by atoms with E-state index in [4.69, 9.17) is 11.6 Å². The Morgan fingerprint density at radius 3 is 2.35 bits per heavy atom. The fourth-order valence-corrected chi connectivity index (χ4v) is 4.97. The Morgan fingerprint density at radius 2 is 1.78 bits per heavy atom. The molecule has 2 fully saturated rings. The number of aliphatic hydroxyl groups excluding tert-OH is 1. The summed E-state index contributed by atoms with van der Waals surface area (Å²) in [5.41, 5.74) is 6.97. The van der Waals surface area contributed by atoms with E-state index in [1.54, 1.807) is 22.5 Å². The van der Waals surface area contributed by atoms with Gasteiger partial charge in [0.1, 0.15) is 6.23 Å². The molecule has 0 bridgehead atoms. The SMILES string of the molecule is Nc1ccccc1N(N)C(O)C1CCN(S(=O)(=O)C2CC2)CC1. The lowest BCUT2D eigenvalue weighted by Crippen LogP contribution is -2.50. The van der Waals surface area contributed by atoms with Crippen LogP contribution in [0.2, 0.25) is 0 Å². The Labute approximate surface area is 136 Å². The largest absolute Gasteiger partial charge is 0.397 e. The van der Waals surface area contributed by atoms with Crippen LogP contribution in [-0.4, -0.2) is 42.4 Å². The highest BCUT2D eigenvalue weighted by Gasteiger charge is 2.42. The second kappa shape index (κ2) is 6.27. The zero-order valence-corrected chi connectivity index (χ0v) is 13.8. The van der Waals surface area contributed by atoms with E-state index in [0.717, 1.165) is 12.8 Å². The van der Waals surface area contributed by atoms with E-state index in [-0.39, 0.29) is 11.2 Å². The third kappa shape index (κ3) is 3.30. The number of piperidine rings is 1. The van der Waals surface area contributed by atoms with Gasteiger partial charge >= 0.3 is 0 Å². The average Bonchev–Trinajstić information content (AvgIpc) is 3.39. The Bertz CT molecular complexity index is 654. The molecule has 5 N–H and O–H groups in total. The summed E-state index contributed by atoms with van der Waals surface area (Å²) in [4.78, 5) is 0. The van der Waals surface area contributed by atoms with Crippen LogP contribution in [0.1, 0.15) is 25.7 Å². The highest BCUT2D eigenvalue weighted by atomic mass is 32.2.